The second kappa shape index (κ2) is 5.02. The molecule has 2 aromatic rings. The Morgan fingerprint density at radius 1 is 1.39 bits per heavy atom. The molecular formula is C12H8BrFN4. The third kappa shape index (κ3) is 2.57. The van der Waals surface area contributed by atoms with Crippen LogP contribution < -0.4 is 11.1 Å². The molecule has 4 nitrogen and oxygen atoms in total. The van der Waals surface area contributed by atoms with Gasteiger partial charge >= 0.3 is 0 Å². The fraction of sp³-hybridized carbons (Fsp3) is 0. The molecule has 0 aliphatic carbocycles. The number of nitrogens with zero attached hydrogens (tertiary/aromatic N) is 2. The molecule has 1 aromatic heterocycles. The van der Waals surface area contributed by atoms with E-state index in [0.29, 0.717) is 27.2 Å². The molecule has 0 aliphatic rings. The molecule has 18 heavy (non-hydrogen) atoms. The van der Waals surface area contributed by atoms with Crippen molar-refractivity contribution in [1.82, 2.24) is 4.98 Å². The van der Waals surface area contributed by atoms with E-state index >= 15 is 0 Å². The van der Waals surface area contributed by atoms with Gasteiger partial charge in [-0.15, -0.1) is 0 Å². The Hall–Kier alpha value is -2.13. The first-order valence-corrected chi connectivity index (χ1v) is 5.77. The minimum Gasteiger partial charge on any atom is -0.396 e. The van der Waals surface area contributed by atoms with Gasteiger partial charge < -0.3 is 11.1 Å². The summed E-state index contributed by atoms with van der Waals surface area (Å²) in [6, 6.07) is 8.03. The third-order valence-electron chi connectivity index (χ3n) is 2.23. The van der Waals surface area contributed by atoms with E-state index in [1.165, 1.54) is 18.3 Å². The Kier molecular flexibility index (Phi) is 3.44. The van der Waals surface area contributed by atoms with E-state index in [4.69, 9.17) is 11.0 Å². The van der Waals surface area contributed by atoms with Gasteiger partial charge in [0.1, 0.15) is 11.9 Å². The van der Waals surface area contributed by atoms with Crippen LogP contribution in [0.5, 0.6) is 0 Å². The summed E-state index contributed by atoms with van der Waals surface area (Å²) in [5.41, 5.74) is 6.97. The van der Waals surface area contributed by atoms with Crippen LogP contribution >= 0.6 is 15.9 Å². The standard InChI is InChI=1S/C12H8BrFN4/c13-9-2-1-8(4-10(9)14)18-12-11(16)3-7(5-15)6-17-12/h1-4,6H,16H2,(H,17,18). The lowest BCUT2D eigenvalue weighted by Gasteiger charge is -2.08. The summed E-state index contributed by atoms with van der Waals surface area (Å²) < 4.78 is 13.7. The zero-order chi connectivity index (χ0) is 13.1. The van der Waals surface area contributed by atoms with Crippen molar-refractivity contribution in [3.8, 4) is 6.07 Å². The fourth-order valence-electron chi connectivity index (χ4n) is 1.36. The first kappa shape index (κ1) is 12.3. The van der Waals surface area contributed by atoms with Crippen molar-refractivity contribution in [2.75, 3.05) is 11.1 Å². The Morgan fingerprint density at radius 2 is 2.17 bits per heavy atom. The first-order chi connectivity index (χ1) is 8.60. The van der Waals surface area contributed by atoms with Crippen molar-refractivity contribution in [3.63, 3.8) is 0 Å². The molecule has 1 aromatic carbocycles. The Labute approximate surface area is 111 Å². The molecule has 0 aliphatic heterocycles. The van der Waals surface area contributed by atoms with E-state index in [1.807, 2.05) is 6.07 Å². The fourth-order valence-corrected chi connectivity index (χ4v) is 1.60. The zero-order valence-corrected chi connectivity index (χ0v) is 10.7. The predicted molar refractivity (Wildman–Crippen MR) is 70.7 cm³/mol. The first-order valence-electron chi connectivity index (χ1n) is 4.98. The number of rotatable bonds is 2. The highest BCUT2D eigenvalue weighted by atomic mass is 79.9. The van der Waals surface area contributed by atoms with Crippen LogP contribution in [-0.4, -0.2) is 4.98 Å². The van der Waals surface area contributed by atoms with Crippen molar-refractivity contribution >= 4 is 33.1 Å². The zero-order valence-electron chi connectivity index (χ0n) is 9.11. The maximum absolute atomic E-state index is 13.3. The quantitative estimate of drug-likeness (QED) is 0.893. The monoisotopic (exact) mass is 306 g/mol. The second-order valence-corrected chi connectivity index (χ2v) is 4.38. The van der Waals surface area contributed by atoms with Gasteiger partial charge in [0, 0.05) is 11.9 Å². The molecule has 3 N–H and O–H groups in total. The average molecular weight is 307 g/mol. The predicted octanol–water partition coefficient (Wildman–Crippen LogP) is 3.18. The number of nitriles is 1. The molecular weight excluding hydrogens is 299 g/mol. The van der Waals surface area contributed by atoms with Gasteiger partial charge in [0.15, 0.2) is 5.82 Å². The van der Waals surface area contributed by atoms with Crippen LogP contribution in [-0.2, 0) is 0 Å². The summed E-state index contributed by atoms with van der Waals surface area (Å²) in [7, 11) is 0. The van der Waals surface area contributed by atoms with Gasteiger partial charge in [-0.05, 0) is 40.2 Å². The van der Waals surface area contributed by atoms with Crippen LogP contribution in [0, 0.1) is 17.1 Å². The second-order valence-electron chi connectivity index (χ2n) is 3.53. The van der Waals surface area contributed by atoms with Gasteiger partial charge in [0.2, 0.25) is 0 Å². The molecule has 2 rings (SSSR count). The van der Waals surface area contributed by atoms with Gasteiger partial charge in [0.05, 0.1) is 15.7 Å². The third-order valence-corrected chi connectivity index (χ3v) is 2.87. The van der Waals surface area contributed by atoms with Crippen molar-refractivity contribution in [3.05, 3.63) is 46.3 Å². The molecule has 0 saturated heterocycles. The minimum absolute atomic E-state index is 0.331. The number of hydrogen-bond acceptors (Lipinski definition) is 4. The number of nitrogen functional groups attached to an aromatic ring is 1. The molecule has 0 bridgehead atoms. The summed E-state index contributed by atoms with van der Waals surface area (Å²) in [5, 5.41) is 11.6. The number of nitrogens with two attached hydrogens (primary N) is 1. The minimum atomic E-state index is -0.382. The van der Waals surface area contributed by atoms with Crippen LogP contribution in [0.2, 0.25) is 0 Å². The number of benzene rings is 1. The van der Waals surface area contributed by atoms with Crippen molar-refractivity contribution in [2.24, 2.45) is 0 Å². The van der Waals surface area contributed by atoms with Crippen molar-refractivity contribution < 1.29 is 4.39 Å². The topological polar surface area (TPSA) is 74.7 Å². The lowest BCUT2D eigenvalue weighted by atomic mass is 10.2. The van der Waals surface area contributed by atoms with Crippen LogP contribution in [0.15, 0.2) is 34.9 Å². The van der Waals surface area contributed by atoms with Crippen molar-refractivity contribution in [1.29, 1.82) is 5.26 Å². The Bertz CT molecular complexity index is 636. The summed E-state index contributed by atoms with van der Waals surface area (Å²) in [6.07, 6.45) is 1.40. The highest BCUT2D eigenvalue weighted by Crippen LogP contribution is 2.24. The molecule has 90 valence electrons. The summed E-state index contributed by atoms with van der Waals surface area (Å²) in [5.74, 6) is 0.00272. The van der Waals surface area contributed by atoms with Gasteiger partial charge in [-0.3, -0.25) is 0 Å². The number of nitrogens with one attached hydrogen (secondary N) is 1. The highest BCUT2D eigenvalue weighted by molar-refractivity contribution is 9.10. The smallest absolute Gasteiger partial charge is 0.153 e. The van der Waals surface area contributed by atoms with E-state index in [2.05, 4.69) is 26.2 Å². The van der Waals surface area contributed by atoms with Crippen LogP contribution in [0.25, 0.3) is 0 Å². The molecule has 0 saturated carbocycles. The molecule has 1 heterocycles. The van der Waals surface area contributed by atoms with E-state index in [9.17, 15) is 4.39 Å². The normalized spacial score (nSPS) is 9.83. The molecule has 6 heteroatoms. The van der Waals surface area contributed by atoms with Gasteiger partial charge in [-0.25, -0.2) is 9.37 Å². The maximum Gasteiger partial charge on any atom is 0.153 e. The number of hydrogen-bond donors (Lipinski definition) is 2. The number of anilines is 3. The van der Waals surface area contributed by atoms with Gasteiger partial charge in [-0.1, -0.05) is 0 Å². The number of pyridine rings is 1. The van der Waals surface area contributed by atoms with Crippen LogP contribution in [0.1, 0.15) is 5.56 Å². The molecule has 0 amide bonds. The summed E-state index contributed by atoms with van der Waals surface area (Å²) in [4.78, 5) is 4.00. The Balaban J connectivity index is 2.29. The largest absolute Gasteiger partial charge is 0.396 e. The number of aromatic nitrogens is 1. The van der Waals surface area contributed by atoms with E-state index in [-0.39, 0.29) is 5.82 Å². The summed E-state index contributed by atoms with van der Waals surface area (Å²) >= 11 is 3.07. The van der Waals surface area contributed by atoms with Crippen molar-refractivity contribution in [2.45, 2.75) is 0 Å². The summed E-state index contributed by atoms with van der Waals surface area (Å²) in [6.45, 7) is 0. The van der Waals surface area contributed by atoms with Gasteiger partial charge in [-0.2, -0.15) is 5.26 Å². The Morgan fingerprint density at radius 3 is 2.78 bits per heavy atom. The number of halogens is 2. The maximum atomic E-state index is 13.3. The molecule has 0 spiro atoms. The van der Waals surface area contributed by atoms with Crippen LogP contribution in [0.3, 0.4) is 0 Å². The lowest BCUT2D eigenvalue weighted by molar-refractivity contribution is 0.622. The van der Waals surface area contributed by atoms with E-state index in [1.54, 1.807) is 12.1 Å². The van der Waals surface area contributed by atoms with E-state index in [0.717, 1.165) is 0 Å². The molecule has 0 radical (unpaired) electrons. The lowest BCUT2D eigenvalue weighted by Crippen LogP contribution is -2.00. The molecule has 0 atom stereocenters. The van der Waals surface area contributed by atoms with Gasteiger partial charge in [0.25, 0.3) is 0 Å². The van der Waals surface area contributed by atoms with E-state index < -0.39 is 0 Å². The molecule has 0 unspecified atom stereocenters. The highest BCUT2D eigenvalue weighted by Gasteiger charge is 2.05. The van der Waals surface area contributed by atoms with Crippen LogP contribution in [0.4, 0.5) is 21.6 Å². The average Bonchev–Trinajstić information content (AvgIpc) is 2.36. The SMILES string of the molecule is N#Cc1cnc(Nc2ccc(Br)c(F)c2)c(N)c1. The molecule has 0 fully saturated rings.